The van der Waals surface area contributed by atoms with Gasteiger partial charge in [0.05, 0.1) is 10.6 Å². The lowest BCUT2D eigenvalue weighted by atomic mass is 10.2. The average molecular weight is 286 g/mol. The van der Waals surface area contributed by atoms with Crippen molar-refractivity contribution in [3.05, 3.63) is 28.8 Å². The summed E-state index contributed by atoms with van der Waals surface area (Å²) in [6.45, 7) is 5.29. The Morgan fingerprint density at radius 3 is 2.32 bits per heavy atom. The van der Waals surface area contributed by atoms with Crippen LogP contribution < -0.4 is 4.90 Å². The number of amides is 1. The minimum Gasteiger partial charge on any atom is -0.478 e. The van der Waals surface area contributed by atoms with E-state index in [1.54, 1.807) is 20.8 Å². The van der Waals surface area contributed by atoms with Gasteiger partial charge in [-0.3, -0.25) is 4.90 Å². The van der Waals surface area contributed by atoms with Gasteiger partial charge >= 0.3 is 12.1 Å². The Hall–Kier alpha value is -1.75. The molecule has 0 atom stereocenters. The molecule has 0 aliphatic heterocycles. The van der Waals surface area contributed by atoms with Crippen molar-refractivity contribution in [3.8, 4) is 0 Å². The fourth-order valence-electron chi connectivity index (χ4n) is 1.32. The lowest BCUT2D eigenvalue weighted by Gasteiger charge is -2.24. The maximum Gasteiger partial charge on any atom is 0.414 e. The zero-order valence-electron chi connectivity index (χ0n) is 11.2. The van der Waals surface area contributed by atoms with E-state index in [0.717, 1.165) is 0 Å². The van der Waals surface area contributed by atoms with Gasteiger partial charge in [-0.1, -0.05) is 11.6 Å². The van der Waals surface area contributed by atoms with E-state index >= 15 is 0 Å². The first-order valence-corrected chi connectivity index (χ1v) is 5.99. The summed E-state index contributed by atoms with van der Waals surface area (Å²) in [4.78, 5) is 23.9. The van der Waals surface area contributed by atoms with Crippen molar-refractivity contribution in [1.29, 1.82) is 0 Å². The number of nitrogens with zero attached hydrogens (tertiary/aromatic N) is 1. The number of carbonyl (C=O) groups is 2. The summed E-state index contributed by atoms with van der Waals surface area (Å²) in [6.07, 6.45) is -0.536. The minimum absolute atomic E-state index is 0.0111. The van der Waals surface area contributed by atoms with E-state index in [9.17, 15) is 9.59 Å². The smallest absolute Gasteiger partial charge is 0.414 e. The number of benzene rings is 1. The number of carbonyl (C=O) groups excluding carboxylic acids is 1. The number of anilines is 1. The molecular weight excluding hydrogens is 270 g/mol. The number of aromatic carboxylic acids is 1. The second kappa shape index (κ2) is 5.48. The highest BCUT2D eigenvalue weighted by molar-refractivity contribution is 6.33. The summed E-state index contributed by atoms with van der Waals surface area (Å²) in [5.41, 5.74) is -0.150. The molecule has 0 saturated heterocycles. The van der Waals surface area contributed by atoms with Crippen molar-refractivity contribution in [3.63, 3.8) is 0 Å². The number of rotatable bonds is 2. The molecule has 0 unspecified atom stereocenters. The van der Waals surface area contributed by atoms with Crippen molar-refractivity contribution >= 4 is 29.4 Å². The third-order valence-electron chi connectivity index (χ3n) is 2.24. The molecule has 0 aliphatic rings. The van der Waals surface area contributed by atoms with Gasteiger partial charge in [-0.25, -0.2) is 9.59 Å². The molecule has 19 heavy (non-hydrogen) atoms. The van der Waals surface area contributed by atoms with Crippen LogP contribution in [0.15, 0.2) is 18.2 Å². The highest BCUT2D eigenvalue weighted by Crippen LogP contribution is 2.24. The molecule has 1 amide bonds. The van der Waals surface area contributed by atoms with E-state index in [2.05, 4.69) is 0 Å². The van der Waals surface area contributed by atoms with Gasteiger partial charge in [0.2, 0.25) is 0 Å². The van der Waals surface area contributed by atoms with Crippen LogP contribution in [0.3, 0.4) is 0 Å². The molecule has 0 saturated carbocycles. The summed E-state index contributed by atoms with van der Waals surface area (Å²) in [6, 6.07) is 4.26. The van der Waals surface area contributed by atoms with Gasteiger partial charge in [0.15, 0.2) is 0 Å². The molecule has 5 nitrogen and oxygen atoms in total. The molecule has 0 bridgehead atoms. The summed E-state index contributed by atoms with van der Waals surface area (Å²) in [5, 5.41) is 8.94. The Kier molecular flexibility index (Phi) is 4.42. The number of carboxylic acids is 1. The lowest BCUT2D eigenvalue weighted by Crippen LogP contribution is -2.34. The van der Waals surface area contributed by atoms with Gasteiger partial charge in [0.1, 0.15) is 5.60 Å². The molecular formula is C13H16ClNO4. The molecule has 0 aliphatic carbocycles. The third-order valence-corrected chi connectivity index (χ3v) is 2.55. The normalized spacial score (nSPS) is 11.0. The van der Waals surface area contributed by atoms with Gasteiger partial charge in [-0.05, 0) is 39.0 Å². The van der Waals surface area contributed by atoms with Crippen molar-refractivity contribution in [2.45, 2.75) is 26.4 Å². The van der Waals surface area contributed by atoms with Crippen molar-refractivity contribution in [2.24, 2.45) is 0 Å². The summed E-state index contributed by atoms with van der Waals surface area (Å²) < 4.78 is 5.20. The van der Waals surface area contributed by atoms with Gasteiger partial charge < -0.3 is 9.84 Å². The molecule has 0 fully saturated rings. The maximum atomic E-state index is 11.8. The molecule has 0 heterocycles. The van der Waals surface area contributed by atoms with Crippen LogP contribution in [0.5, 0.6) is 0 Å². The standard InChI is InChI=1S/C13H16ClNO4/c1-13(2,3)19-12(18)15(4)8-5-6-9(11(16)17)10(14)7-8/h5-7H,1-4H3,(H,16,17). The Morgan fingerprint density at radius 1 is 1.32 bits per heavy atom. The predicted molar refractivity (Wildman–Crippen MR) is 73.0 cm³/mol. The number of hydrogen-bond donors (Lipinski definition) is 1. The van der Waals surface area contributed by atoms with E-state index in [-0.39, 0.29) is 10.6 Å². The zero-order chi connectivity index (χ0) is 14.8. The van der Waals surface area contributed by atoms with Crippen LogP contribution in [0.2, 0.25) is 5.02 Å². The summed E-state index contributed by atoms with van der Waals surface area (Å²) in [5.74, 6) is -1.11. The van der Waals surface area contributed by atoms with Crippen molar-refractivity contribution in [2.75, 3.05) is 11.9 Å². The molecule has 0 radical (unpaired) electrons. The van der Waals surface area contributed by atoms with E-state index in [4.69, 9.17) is 21.4 Å². The molecule has 6 heteroatoms. The Balaban J connectivity index is 2.95. The van der Waals surface area contributed by atoms with Gasteiger partial charge in [-0.15, -0.1) is 0 Å². The number of halogens is 1. The number of hydrogen-bond acceptors (Lipinski definition) is 3. The first-order valence-electron chi connectivity index (χ1n) is 5.61. The quantitative estimate of drug-likeness (QED) is 0.904. The van der Waals surface area contributed by atoms with Gasteiger partial charge in [-0.2, -0.15) is 0 Å². The lowest BCUT2D eigenvalue weighted by molar-refractivity contribution is 0.0588. The molecule has 1 aromatic carbocycles. The molecule has 104 valence electrons. The van der Waals surface area contributed by atoms with Crippen LogP contribution in [0.25, 0.3) is 0 Å². The first-order chi connectivity index (χ1) is 8.61. The van der Waals surface area contributed by atoms with Gasteiger partial charge in [0, 0.05) is 12.7 Å². The molecule has 1 N–H and O–H groups in total. The topological polar surface area (TPSA) is 66.8 Å². The maximum absolute atomic E-state index is 11.8. The fourth-order valence-corrected chi connectivity index (χ4v) is 1.58. The van der Waals surface area contributed by atoms with Crippen LogP contribution >= 0.6 is 11.6 Å². The van der Waals surface area contributed by atoms with Crippen molar-refractivity contribution < 1.29 is 19.4 Å². The van der Waals surface area contributed by atoms with E-state index in [0.29, 0.717) is 5.69 Å². The molecule has 0 aromatic heterocycles. The first kappa shape index (κ1) is 15.3. The average Bonchev–Trinajstić information content (AvgIpc) is 2.24. The Bertz CT molecular complexity index is 508. The summed E-state index contributed by atoms with van der Waals surface area (Å²) in [7, 11) is 1.53. The SMILES string of the molecule is CN(C(=O)OC(C)(C)C)c1ccc(C(=O)O)c(Cl)c1. The predicted octanol–water partition coefficient (Wildman–Crippen LogP) is 3.41. The van der Waals surface area contributed by atoms with E-state index in [1.807, 2.05) is 0 Å². The highest BCUT2D eigenvalue weighted by atomic mass is 35.5. The second-order valence-electron chi connectivity index (χ2n) is 5.01. The van der Waals surface area contributed by atoms with Crippen LogP contribution in [-0.2, 0) is 4.74 Å². The van der Waals surface area contributed by atoms with Gasteiger partial charge in [0.25, 0.3) is 0 Å². The Morgan fingerprint density at radius 2 is 1.89 bits per heavy atom. The van der Waals surface area contributed by atoms with E-state index in [1.165, 1.54) is 30.1 Å². The molecule has 1 aromatic rings. The molecule has 1 rings (SSSR count). The van der Waals surface area contributed by atoms with E-state index < -0.39 is 17.7 Å². The molecule has 0 spiro atoms. The largest absolute Gasteiger partial charge is 0.478 e. The number of carboxylic acid groups (broad SMARTS) is 1. The van der Waals surface area contributed by atoms with Crippen LogP contribution in [0.1, 0.15) is 31.1 Å². The highest BCUT2D eigenvalue weighted by Gasteiger charge is 2.21. The fraction of sp³-hybridized carbons (Fsp3) is 0.385. The van der Waals surface area contributed by atoms with Crippen molar-refractivity contribution in [1.82, 2.24) is 0 Å². The summed E-state index contributed by atoms with van der Waals surface area (Å²) >= 11 is 5.85. The van der Waals surface area contributed by atoms with Crippen LogP contribution in [0.4, 0.5) is 10.5 Å². The Labute approximate surface area is 116 Å². The third kappa shape index (κ3) is 4.13. The van der Waals surface area contributed by atoms with Crippen LogP contribution in [-0.4, -0.2) is 29.8 Å². The monoisotopic (exact) mass is 285 g/mol. The number of ether oxygens (including phenoxy) is 1. The second-order valence-corrected chi connectivity index (χ2v) is 5.42. The zero-order valence-corrected chi connectivity index (χ0v) is 12.0. The van der Waals surface area contributed by atoms with Crippen LogP contribution in [0, 0.1) is 0 Å². The minimum atomic E-state index is -1.11.